The van der Waals surface area contributed by atoms with Crippen molar-refractivity contribution in [1.29, 1.82) is 0 Å². The summed E-state index contributed by atoms with van der Waals surface area (Å²) in [6, 6.07) is 12.6. The van der Waals surface area contributed by atoms with Crippen LogP contribution in [0.1, 0.15) is 41.6 Å². The molecule has 1 heterocycles. The molecule has 0 spiro atoms. The molecule has 0 aliphatic carbocycles. The van der Waals surface area contributed by atoms with E-state index in [-0.39, 0.29) is 11.9 Å². The molecule has 2 aromatic rings. The van der Waals surface area contributed by atoms with Crippen LogP contribution in [0, 0.1) is 6.92 Å². The normalized spacial score (nSPS) is 12.1. The summed E-state index contributed by atoms with van der Waals surface area (Å²) in [6.45, 7) is 7.01. The van der Waals surface area contributed by atoms with Crippen LogP contribution in [0.25, 0.3) is 0 Å². The smallest absolute Gasteiger partial charge is 0.224 e. The maximum atomic E-state index is 11.3. The predicted molar refractivity (Wildman–Crippen MR) is 89.7 cm³/mol. The first-order chi connectivity index (χ1) is 10.1. The Bertz CT molecular complexity index is 589. The SMILES string of the molecule is CCC(=O)Nc1ccc([C@@H](C)NCc2ccc(C)s2)cc1. The third kappa shape index (κ3) is 4.69. The van der Waals surface area contributed by atoms with E-state index in [4.69, 9.17) is 0 Å². The van der Waals surface area contributed by atoms with Crippen molar-refractivity contribution in [3.8, 4) is 0 Å². The summed E-state index contributed by atoms with van der Waals surface area (Å²) in [6.07, 6.45) is 0.500. The Morgan fingerprint density at radius 2 is 1.90 bits per heavy atom. The molecule has 1 atom stereocenters. The fourth-order valence-electron chi connectivity index (χ4n) is 2.06. The molecule has 0 saturated carbocycles. The van der Waals surface area contributed by atoms with E-state index in [1.165, 1.54) is 15.3 Å². The van der Waals surface area contributed by atoms with Crippen LogP contribution in [0.5, 0.6) is 0 Å². The third-order valence-electron chi connectivity index (χ3n) is 3.39. The zero-order valence-corrected chi connectivity index (χ0v) is 13.6. The summed E-state index contributed by atoms with van der Waals surface area (Å²) in [4.78, 5) is 14.0. The van der Waals surface area contributed by atoms with Crippen LogP contribution in [0.3, 0.4) is 0 Å². The van der Waals surface area contributed by atoms with Crippen LogP contribution < -0.4 is 10.6 Å². The summed E-state index contributed by atoms with van der Waals surface area (Å²) in [5, 5.41) is 6.38. The van der Waals surface area contributed by atoms with Crippen molar-refractivity contribution in [2.75, 3.05) is 5.32 Å². The number of hydrogen-bond acceptors (Lipinski definition) is 3. The molecule has 0 radical (unpaired) electrons. The highest BCUT2D eigenvalue weighted by Gasteiger charge is 2.06. The van der Waals surface area contributed by atoms with Gasteiger partial charge in [0.15, 0.2) is 0 Å². The van der Waals surface area contributed by atoms with Crippen molar-refractivity contribution in [3.63, 3.8) is 0 Å². The van der Waals surface area contributed by atoms with Gasteiger partial charge in [-0.15, -0.1) is 11.3 Å². The minimum absolute atomic E-state index is 0.0435. The summed E-state index contributed by atoms with van der Waals surface area (Å²) < 4.78 is 0. The van der Waals surface area contributed by atoms with Crippen molar-refractivity contribution < 1.29 is 4.79 Å². The Balaban J connectivity index is 1.90. The highest BCUT2D eigenvalue weighted by molar-refractivity contribution is 7.11. The second kappa shape index (κ2) is 7.38. The number of thiophene rings is 1. The monoisotopic (exact) mass is 302 g/mol. The van der Waals surface area contributed by atoms with Gasteiger partial charge in [0.05, 0.1) is 0 Å². The largest absolute Gasteiger partial charge is 0.326 e. The Labute approximate surface area is 130 Å². The molecular formula is C17H22N2OS. The van der Waals surface area contributed by atoms with Gasteiger partial charge in [0.25, 0.3) is 0 Å². The van der Waals surface area contributed by atoms with Gasteiger partial charge in [-0.1, -0.05) is 19.1 Å². The first-order valence-corrected chi connectivity index (χ1v) is 8.08. The molecule has 0 aliphatic rings. The molecule has 0 fully saturated rings. The molecule has 1 aromatic heterocycles. The van der Waals surface area contributed by atoms with Gasteiger partial charge >= 0.3 is 0 Å². The molecule has 0 saturated heterocycles. The van der Waals surface area contributed by atoms with Gasteiger partial charge in [-0.2, -0.15) is 0 Å². The lowest BCUT2D eigenvalue weighted by Gasteiger charge is -2.14. The molecule has 2 N–H and O–H groups in total. The Kier molecular flexibility index (Phi) is 5.53. The topological polar surface area (TPSA) is 41.1 Å². The van der Waals surface area contributed by atoms with E-state index in [9.17, 15) is 4.79 Å². The van der Waals surface area contributed by atoms with Gasteiger partial charge in [-0.05, 0) is 43.7 Å². The molecular weight excluding hydrogens is 280 g/mol. The van der Waals surface area contributed by atoms with Gasteiger partial charge < -0.3 is 10.6 Å². The van der Waals surface area contributed by atoms with Gasteiger partial charge in [0, 0.05) is 34.4 Å². The lowest BCUT2D eigenvalue weighted by atomic mass is 10.1. The van der Waals surface area contributed by atoms with Crippen molar-refractivity contribution in [2.45, 2.75) is 39.8 Å². The Morgan fingerprint density at radius 3 is 2.48 bits per heavy atom. The van der Waals surface area contributed by atoms with Crippen molar-refractivity contribution in [2.24, 2.45) is 0 Å². The highest BCUT2D eigenvalue weighted by atomic mass is 32.1. The summed E-state index contributed by atoms with van der Waals surface area (Å²) in [5.41, 5.74) is 2.07. The van der Waals surface area contributed by atoms with Crippen LogP contribution in [-0.4, -0.2) is 5.91 Å². The lowest BCUT2D eigenvalue weighted by Crippen LogP contribution is -2.17. The van der Waals surface area contributed by atoms with Gasteiger partial charge in [-0.3, -0.25) is 4.79 Å². The molecule has 3 nitrogen and oxygen atoms in total. The van der Waals surface area contributed by atoms with Gasteiger partial charge in [-0.25, -0.2) is 0 Å². The molecule has 0 aliphatic heterocycles. The minimum Gasteiger partial charge on any atom is -0.326 e. The second-order valence-electron chi connectivity index (χ2n) is 5.14. The van der Waals surface area contributed by atoms with E-state index >= 15 is 0 Å². The fraction of sp³-hybridized carbons (Fsp3) is 0.353. The first kappa shape index (κ1) is 15.7. The third-order valence-corrected chi connectivity index (χ3v) is 4.39. The molecule has 4 heteroatoms. The van der Waals surface area contributed by atoms with Crippen LogP contribution in [0.15, 0.2) is 36.4 Å². The molecule has 21 heavy (non-hydrogen) atoms. The number of nitrogens with one attached hydrogen (secondary N) is 2. The van der Waals surface area contributed by atoms with E-state index in [0.29, 0.717) is 6.42 Å². The van der Waals surface area contributed by atoms with Crippen LogP contribution in [0.4, 0.5) is 5.69 Å². The van der Waals surface area contributed by atoms with Crippen LogP contribution in [-0.2, 0) is 11.3 Å². The van der Waals surface area contributed by atoms with Crippen molar-refractivity contribution in [3.05, 3.63) is 51.7 Å². The van der Waals surface area contributed by atoms with Gasteiger partial charge in [0.2, 0.25) is 5.91 Å². The fourth-order valence-corrected chi connectivity index (χ4v) is 2.90. The standard InChI is InChI=1S/C17H22N2OS/c1-4-17(20)19-15-8-6-14(7-9-15)13(3)18-11-16-10-5-12(2)21-16/h5-10,13,18H,4,11H2,1-3H3,(H,19,20)/t13-/m1/s1. The molecule has 1 amide bonds. The van der Waals surface area contributed by atoms with Crippen molar-refractivity contribution >= 4 is 22.9 Å². The number of rotatable bonds is 6. The first-order valence-electron chi connectivity index (χ1n) is 7.27. The van der Waals surface area contributed by atoms with Gasteiger partial charge in [0.1, 0.15) is 0 Å². The minimum atomic E-state index is 0.0435. The zero-order chi connectivity index (χ0) is 15.2. The van der Waals surface area contributed by atoms with E-state index in [0.717, 1.165) is 12.2 Å². The van der Waals surface area contributed by atoms with E-state index in [1.54, 1.807) is 0 Å². The maximum absolute atomic E-state index is 11.3. The van der Waals surface area contributed by atoms with E-state index < -0.39 is 0 Å². The maximum Gasteiger partial charge on any atom is 0.224 e. The summed E-state index contributed by atoms with van der Waals surface area (Å²) in [7, 11) is 0. The lowest BCUT2D eigenvalue weighted by molar-refractivity contribution is -0.115. The second-order valence-corrected chi connectivity index (χ2v) is 6.51. The summed E-state index contributed by atoms with van der Waals surface area (Å²) in [5.74, 6) is 0.0435. The van der Waals surface area contributed by atoms with E-state index in [1.807, 2.05) is 30.4 Å². The average molecular weight is 302 g/mol. The molecule has 2 rings (SSSR count). The van der Waals surface area contributed by atoms with Crippen LogP contribution in [0.2, 0.25) is 0 Å². The number of carbonyl (C=O) groups excluding carboxylic acids is 1. The van der Waals surface area contributed by atoms with E-state index in [2.05, 4.69) is 48.7 Å². The summed E-state index contributed by atoms with van der Waals surface area (Å²) >= 11 is 1.83. The van der Waals surface area contributed by atoms with Crippen molar-refractivity contribution in [1.82, 2.24) is 5.32 Å². The predicted octanol–water partition coefficient (Wildman–Crippen LogP) is 4.26. The number of aryl methyl sites for hydroxylation is 1. The molecule has 0 bridgehead atoms. The molecule has 0 unspecified atom stereocenters. The zero-order valence-electron chi connectivity index (χ0n) is 12.8. The van der Waals surface area contributed by atoms with Crippen LogP contribution >= 0.6 is 11.3 Å². The molecule has 1 aromatic carbocycles. The number of anilines is 1. The highest BCUT2D eigenvalue weighted by Crippen LogP contribution is 2.19. The number of hydrogen-bond donors (Lipinski definition) is 2. The Hall–Kier alpha value is -1.65. The number of carbonyl (C=O) groups is 1. The Morgan fingerprint density at radius 1 is 1.19 bits per heavy atom. The molecule has 112 valence electrons. The number of benzene rings is 1. The quantitative estimate of drug-likeness (QED) is 0.837. The number of amides is 1. The average Bonchev–Trinajstić information content (AvgIpc) is 2.91.